The minimum atomic E-state index is 0.254. The topological polar surface area (TPSA) is 49.2 Å². The predicted octanol–water partition coefficient (Wildman–Crippen LogP) is 2.81. The third-order valence-electron chi connectivity index (χ3n) is 3.91. The van der Waals surface area contributed by atoms with Crippen LogP contribution in [0.25, 0.3) is 0 Å². The summed E-state index contributed by atoms with van der Waals surface area (Å²) in [6, 6.07) is 6.03. The van der Waals surface area contributed by atoms with Gasteiger partial charge < -0.3 is 9.47 Å². The fourth-order valence-corrected chi connectivity index (χ4v) is 2.79. The van der Waals surface area contributed by atoms with Gasteiger partial charge in [-0.1, -0.05) is 25.5 Å². The van der Waals surface area contributed by atoms with Gasteiger partial charge in [-0.05, 0) is 24.5 Å². The zero-order valence-electron chi connectivity index (χ0n) is 12.6. The van der Waals surface area contributed by atoms with Gasteiger partial charge in [-0.25, -0.2) is 9.67 Å². The molecule has 5 heteroatoms. The smallest absolute Gasteiger partial charge is 0.164 e. The first kappa shape index (κ1) is 13.9. The molecule has 0 N–H and O–H groups in total. The van der Waals surface area contributed by atoms with E-state index in [1.165, 1.54) is 5.56 Å². The van der Waals surface area contributed by atoms with Crippen molar-refractivity contribution >= 4 is 0 Å². The Balaban J connectivity index is 1.82. The van der Waals surface area contributed by atoms with Gasteiger partial charge in [0.15, 0.2) is 11.5 Å². The standard InChI is InChI=1S/C16H21N3O2/c1-3-4-8-19-16(17-11-18-19)13-9-12-6-5-7-14(20-2)15(12)21-10-13/h5-7,11,13H,3-4,8-10H2,1-2H3. The molecule has 1 aromatic heterocycles. The highest BCUT2D eigenvalue weighted by molar-refractivity contribution is 5.48. The van der Waals surface area contributed by atoms with Crippen LogP contribution in [0.2, 0.25) is 0 Å². The molecular formula is C16H21N3O2. The molecule has 2 aromatic rings. The van der Waals surface area contributed by atoms with E-state index in [1.807, 2.05) is 16.8 Å². The van der Waals surface area contributed by atoms with E-state index in [9.17, 15) is 0 Å². The van der Waals surface area contributed by atoms with Crippen LogP contribution in [0.5, 0.6) is 11.5 Å². The third-order valence-corrected chi connectivity index (χ3v) is 3.91. The summed E-state index contributed by atoms with van der Waals surface area (Å²) in [6.45, 7) is 3.73. The molecule has 112 valence electrons. The van der Waals surface area contributed by atoms with Crippen LogP contribution in [0.1, 0.15) is 37.1 Å². The average molecular weight is 287 g/mol. The van der Waals surface area contributed by atoms with Gasteiger partial charge in [0.05, 0.1) is 19.6 Å². The summed E-state index contributed by atoms with van der Waals surface area (Å²) >= 11 is 0. The lowest BCUT2D eigenvalue weighted by Gasteiger charge is -2.26. The van der Waals surface area contributed by atoms with Gasteiger partial charge in [0.2, 0.25) is 0 Å². The summed E-state index contributed by atoms with van der Waals surface area (Å²) in [4.78, 5) is 4.45. The van der Waals surface area contributed by atoms with Crippen molar-refractivity contribution in [2.45, 2.75) is 38.6 Å². The summed E-state index contributed by atoms with van der Waals surface area (Å²) in [7, 11) is 1.67. The SMILES string of the molecule is CCCCn1ncnc1C1COc2c(cccc2OC)C1. The number of nitrogens with zero attached hydrogens (tertiary/aromatic N) is 3. The number of para-hydroxylation sites is 1. The maximum Gasteiger partial charge on any atom is 0.164 e. The highest BCUT2D eigenvalue weighted by atomic mass is 16.5. The van der Waals surface area contributed by atoms with Crippen LogP contribution in [0, 0.1) is 0 Å². The number of fused-ring (bicyclic) bond motifs is 1. The van der Waals surface area contributed by atoms with Gasteiger partial charge in [-0.3, -0.25) is 0 Å². The van der Waals surface area contributed by atoms with Crippen molar-refractivity contribution in [3.8, 4) is 11.5 Å². The maximum atomic E-state index is 5.94. The van der Waals surface area contributed by atoms with E-state index in [0.717, 1.165) is 43.1 Å². The number of unbranched alkanes of at least 4 members (excludes halogenated alkanes) is 1. The normalized spacial score (nSPS) is 17.1. The van der Waals surface area contributed by atoms with E-state index in [-0.39, 0.29) is 5.92 Å². The summed E-state index contributed by atoms with van der Waals surface area (Å²) in [5.74, 6) is 2.95. The molecule has 0 radical (unpaired) electrons. The highest BCUT2D eigenvalue weighted by Crippen LogP contribution is 2.38. The number of rotatable bonds is 5. The molecule has 1 aromatic carbocycles. The number of methoxy groups -OCH3 is 1. The molecule has 1 aliphatic heterocycles. The molecule has 0 amide bonds. The Morgan fingerprint density at radius 2 is 2.33 bits per heavy atom. The second-order valence-corrected chi connectivity index (χ2v) is 5.36. The Hall–Kier alpha value is -2.04. The largest absolute Gasteiger partial charge is 0.493 e. The summed E-state index contributed by atoms with van der Waals surface area (Å²) < 4.78 is 13.3. The Labute approximate surface area is 124 Å². The quantitative estimate of drug-likeness (QED) is 0.848. The van der Waals surface area contributed by atoms with E-state index < -0.39 is 0 Å². The number of hydrogen-bond acceptors (Lipinski definition) is 4. The summed E-state index contributed by atoms with van der Waals surface area (Å²) in [6.07, 6.45) is 4.83. The van der Waals surface area contributed by atoms with Crippen LogP contribution in [-0.2, 0) is 13.0 Å². The van der Waals surface area contributed by atoms with Crippen molar-refractivity contribution in [3.05, 3.63) is 35.9 Å². The van der Waals surface area contributed by atoms with Crippen molar-refractivity contribution in [1.82, 2.24) is 14.8 Å². The Morgan fingerprint density at radius 3 is 3.14 bits per heavy atom. The zero-order valence-corrected chi connectivity index (χ0v) is 12.6. The number of aromatic nitrogens is 3. The molecule has 0 saturated carbocycles. The van der Waals surface area contributed by atoms with E-state index in [1.54, 1.807) is 13.4 Å². The van der Waals surface area contributed by atoms with Gasteiger partial charge in [0.25, 0.3) is 0 Å². The summed E-state index contributed by atoms with van der Waals surface area (Å²) in [5.41, 5.74) is 1.18. The lowest BCUT2D eigenvalue weighted by Crippen LogP contribution is -2.23. The van der Waals surface area contributed by atoms with Crippen LogP contribution in [0.3, 0.4) is 0 Å². The molecule has 0 bridgehead atoms. The average Bonchev–Trinajstić information content (AvgIpc) is 3.00. The van der Waals surface area contributed by atoms with E-state index in [2.05, 4.69) is 23.1 Å². The van der Waals surface area contributed by atoms with Gasteiger partial charge in [0.1, 0.15) is 12.2 Å². The number of aryl methyl sites for hydroxylation is 1. The molecule has 1 aliphatic rings. The first-order chi connectivity index (χ1) is 10.3. The minimum absolute atomic E-state index is 0.254. The number of benzene rings is 1. The molecule has 0 spiro atoms. The van der Waals surface area contributed by atoms with E-state index in [0.29, 0.717) is 6.61 Å². The lowest BCUT2D eigenvalue weighted by molar-refractivity contribution is 0.239. The van der Waals surface area contributed by atoms with Crippen LogP contribution in [-0.4, -0.2) is 28.5 Å². The monoisotopic (exact) mass is 287 g/mol. The molecule has 5 nitrogen and oxygen atoms in total. The minimum Gasteiger partial charge on any atom is -0.493 e. The fourth-order valence-electron chi connectivity index (χ4n) is 2.79. The van der Waals surface area contributed by atoms with E-state index >= 15 is 0 Å². The van der Waals surface area contributed by atoms with Gasteiger partial charge in [-0.15, -0.1) is 0 Å². The van der Waals surface area contributed by atoms with Crippen molar-refractivity contribution in [3.63, 3.8) is 0 Å². The molecule has 0 aliphatic carbocycles. The first-order valence-corrected chi connectivity index (χ1v) is 7.49. The van der Waals surface area contributed by atoms with Gasteiger partial charge in [-0.2, -0.15) is 5.10 Å². The van der Waals surface area contributed by atoms with Crippen molar-refractivity contribution < 1.29 is 9.47 Å². The van der Waals surface area contributed by atoms with Crippen LogP contribution in [0.4, 0.5) is 0 Å². The number of hydrogen-bond donors (Lipinski definition) is 0. The molecule has 0 saturated heterocycles. The van der Waals surface area contributed by atoms with Crippen LogP contribution >= 0.6 is 0 Å². The van der Waals surface area contributed by atoms with Crippen LogP contribution < -0.4 is 9.47 Å². The molecule has 1 unspecified atom stereocenters. The molecular weight excluding hydrogens is 266 g/mol. The van der Waals surface area contributed by atoms with Gasteiger partial charge in [0, 0.05) is 6.54 Å². The maximum absolute atomic E-state index is 5.94. The molecule has 0 fully saturated rings. The lowest BCUT2D eigenvalue weighted by atomic mass is 9.95. The molecule has 1 atom stereocenters. The molecule has 21 heavy (non-hydrogen) atoms. The van der Waals surface area contributed by atoms with Crippen molar-refractivity contribution in [2.75, 3.05) is 13.7 Å². The second kappa shape index (κ2) is 6.16. The van der Waals surface area contributed by atoms with Crippen LogP contribution in [0.15, 0.2) is 24.5 Å². The molecule has 2 heterocycles. The molecule has 3 rings (SSSR count). The third kappa shape index (κ3) is 2.73. The Bertz CT molecular complexity index is 609. The number of ether oxygens (including phenoxy) is 2. The fraction of sp³-hybridized carbons (Fsp3) is 0.500. The zero-order chi connectivity index (χ0) is 14.7. The van der Waals surface area contributed by atoms with Crippen molar-refractivity contribution in [2.24, 2.45) is 0 Å². The summed E-state index contributed by atoms with van der Waals surface area (Å²) in [5, 5.41) is 4.34. The Kier molecular flexibility index (Phi) is 4.08. The van der Waals surface area contributed by atoms with E-state index in [4.69, 9.17) is 9.47 Å². The second-order valence-electron chi connectivity index (χ2n) is 5.36. The highest BCUT2D eigenvalue weighted by Gasteiger charge is 2.27. The van der Waals surface area contributed by atoms with Gasteiger partial charge >= 0.3 is 0 Å². The Morgan fingerprint density at radius 1 is 1.43 bits per heavy atom. The first-order valence-electron chi connectivity index (χ1n) is 7.49. The van der Waals surface area contributed by atoms with Crippen molar-refractivity contribution in [1.29, 1.82) is 0 Å². The predicted molar refractivity (Wildman–Crippen MR) is 79.9 cm³/mol.